The number of nitrogens with one attached hydrogen (secondary N) is 1. The number of hydrogen-bond acceptors (Lipinski definition) is 9. The summed E-state index contributed by atoms with van der Waals surface area (Å²) >= 11 is 0. The van der Waals surface area contributed by atoms with Gasteiger partial charge in [-0.3, -0.25) is 14.6 Å². The smallest absolute Gasteiger partial charge is 0.302 e. The van der Waals surface area contributed by atoms with E-state index in [1.165, 1.54) is 6.92 Å². The number of hydrogen-bond donors (Lipinski definition) is 3. The van der Waals surface area contributed by atoms with E-state index < -0.39 is 6.04 Å². The Morgan fingerprint density at radius 3 is 2.43 bits per heavy atom. The lowest BCUT2D eigenvalue weighted by molar-refractivity contribution is -0.144. The number of piperazine rings is 1. The van der Waals surface area contributed by atoms with Crippen molar-refractivity contribution < 1.29 is 19.4 Å². The van der Waals surface area contributed by atoms with Crippen LogP contribution in [0.2, 0.25) is 0 Å². The lowest BCUT2D eigenvalue weighted by atomic mass is 9.84. The van der Waals surface area contributed by atoms with Gasteiger partial charge >= 0.3 is 5.97 Å². The molecule has 0 radical (unpaired) electrons. The van der Waals surface area contributed by atoms with Crippen molar-refractivity contribution in [3.05, 3.63) is 65.9 Å². The number of nitrogens with zero attached hydrogens (tertiary/aromatic N) is 5. The quantitative estimate of drug-likeness (QED) is 0.186. The fourth-order valence-corrected chi connectivity index (χ4v) is 7.39. The van der Waals surface area contributed by atoms with E-state index in [0.717, 1.165) is 102 Å². The van der Waals surface area contributed by atoms with Crippen molar-refractivity contribution in [1.82, 2.24) is 24.9 Å². The van der Waals surface area contributed by atoms with Crippen LogP contribution in [0.3, 0.4) is 0 Å². The molecule has 4 N–H and O–H groups in total. The topological polar surface area (TPSA) is 129 Å². The highest BCUT2D eigenvalue weighted by Gasteiger charge is 2.28. The SMILES string of the molecule is CCn1c(-c2ccc(N3CCN(C)CC3)nc2)c(CC(C)(C)COC(C)=O)c2cc(-c3cc(O)cc(CC(N)C(=O)N4CCCCN4)c3)ccc21. The van der Waals surface area contributed by atoms with Gasteiger partial charge in [0, 0.05) is 80.8 Å². The highest BCUT2D eigenvalue weighted by Crippen LogP contribution is 2.40. The molecule has 1 atom stereocenters. The van der Waals surface area contributed by atoms with Gasteiger partial charge in [-0.25, -0.2) is 10.4 Å². The number of benzene rings is 2. The zero-order valence-electron chi connectivity index (χ0n) is 30.7. The third kappa shape index (κ3) is 8.38. The maximum atomic E-state index is 13.1. The molecule has 1 unspecified atom stereocenters. The first-order chi connectivity index (χ1) is 24.4. The predicted octanol–water partition coefficient (Wildman–Crippen LogP) is 4.98. The van der Waals surface area contributed by atoms with Gasteiger partial charge in [0.1, 0.15) is 11.6 Å². The maximum Gasteiger partial charge on any atom is 0.302 e. The maximum absolute atomic E-state index is 13.1. The number of ether oxygens (including phenoxy) is 1. The van der Waals surface area contributed by atoms with Crippen LogP contribution in [0.15, 0.2) is 54.7 Å². The van der Waals surface area contributed by atoms with Crippen LogP contribution in [0.25, 0.3) is 33.3 Å². The molecule has 11 heteroatoms. The van der Waals surface area contributed by atoms with Gasteiger partial charge in [0.15, 0.2) is 0 Å². The van der Waals surface area contributed by atoms with Crippen molar-refractivity contribution in [2.45, 2.75) is 66.0 Å². The molecule has 2 saturated heterocycles. The largest absolute Gasteiger partial charge is 0.508 e. The van der Waals surface area contributed by atoms with Crippen LogP contribution < -0.4 is 16.1 Å². The van der Waals surface area contributed by atoms with Gasteiger partial charge in [-0.2, -0.15) is 0 Å². The second-order valence-electron chi connectivity index (χ2n) is 14.9. The van der Waals surface area contributed by atoms with E-state index in [-0.39, 0.29) is 23.0 Å². The molecular formula is C40H53N7O4. The summed E-state index contributed by atoms with van der Waals surface area (Å²) in [4.78, 5) is 34.5. The van der Waals surface area contributed by atoms with E-state index in [4.69, 9.17) is 15.5 Å². The Bertz CT molecular complexity index is 1850. The minimum Gasteiger partial charge on any atom is -0.508 e. The highest BCUT2D eigenvalue weighted by atomic mass is 16.5. The van der Waals surface area contributed by atoms with Gasteiger partial charge in [-0.15, -0.1) is 0 Å². The number of fused-ring (bicyclic) bond motifs is 1. The van der Waals surface area contributed by atoms with Crippen molar-refractivity contribution in [3.8, 4) is 28.1 Å². The number of aromatic nitrogens is 2. The number of likely N-dealkylation sites (N-methyl/N-ethyl adjacent to an activating group) is 1. The number of esters is 1. The van der Waals surface area contributed by atoms with Crippen molar-refractivity contribution in [3.63, 3.8) is 0 Å². The fourth-order valence-electron chi connectivity index (χ4n) is 7.39. The average molecular weight is 696 g/mol. The number of amides is 1. The van der Waals surface area contributed by atoms with Crippen molar-refractivity contribution in [2.24, 2.45) is 11.1 Å². The first-order valence-electron chi connectivity index (χ1n) is 18.2. The van der Waals surface area contributed by atoms with Crippen LogP contribution in [0.5, 0.6) is 5.75 Å². The third-order valence-electron chi connectivity index (χ3n) is 10.1. The Morgan fingerprint density at radius 2 is 1.76 bits per heavy atom. The monoisotopic (exact) mass is 695 g/mol. The van der Waals surface area contributed by atoms with Gasteiger partial charge in [0.2, 0.25) is 0 Å². The van der Waals surface area contributed by atoms with Crippen molar-refractivity contribution >= 4 is 28.6 Å². The number of carbonyl (C=O) groups is 2. The van der Waals surface area contributed by atoms with E-state index >= 15 is 0 Å². The molecule has 4 aromatic rings. The molecule has 272 valence electrons. The number of anilines is 1. The van der Waals surface area contributed by atoms with Crippen LogP contribution in [0.4, 0.5) is 5.82 Å². The Hall–Kier alpha value is -4.45. The molecule has 0 aliphatic carbocycles. The molecule has 2 fully saturated rings. The Morgan fingerprint density at radius 1 is 1.00 bits per heavy atom. The van der Waals surface area contributed by atoms with E-state index in [2.05, 4.69) is 77.9 Å². The normalized spacial score (nSPS) is 16.4. The molecule has 0 bridgehead atoms. The summed E-state index contributed by atoms with van der Waals surface area (Å²) in [6.45, 7) is 14.2. The summed E-state index contributed by atoms with van der Waals surface area (Å²) in [5.74, 6) is 0.679. The lowest BCUT2D eigenvalue weighted by Gasteiger charge is -2.33. The molecule has 2 aliphatic heterocycles. The summed E-state index contributed by atoms with van der Waals surface area (Å²) in [6.07, 6.45) is 4.95. The summed E-state index contributed by atoms with van der Waals surface area (Å²) in [6, 6.07) is 15.5. The van der Waals surface area contributed by atoms with Crippen LogP contribution in [0.1, 0.15) is 51.7 Å². The first kappa shape index (κ1) is 36.3. The molecule has 1 amide bonds. The number of hydrazine groups is 1. The Balaban J connectivity index is 1.38. The summed E-state index contributed by atoms with van der Waals surface area (Å²) in [5, 5.41) is 13.6. The lowest BCUT2D eigenvalue weighted by Crippen LogP contribution is -2.53. The number of pyridine rings is 1. The van der Waals surface area contributed by atoms with E-state index in [1.807, 2.05) is 12.3 Å². The Labute approximate surface area is 301 Å². The minimum atomic E-state index is -0.726. The molecular weight excluding hydrogens is 642 g/mol. The minimum absolute atomic E-state index is 0.124. The number of aryl methyl sites for hydroxylation is 1. The molecule has 2 aromatic heterocycles. The van der Waals surface area contributed by atoms with Crippen molar-refractivity contribution in [2.75, 3.05) is 57.8 Å². The number of nitrogens with two attached hydrogens (primary N) is 1. The molecule has 0 spiro atoms. The molecule has 51 heavy (non-hydrogen) atoms. The van der Waals surface area contributed by atoms with Crippen LogP contribution in [-0.2, 0) is 33.7 Å². The zero-order valence-corrected chi connectivity index (χ0v) is 30.7. The second-order valence-corrected chi connectivity index (χ2v) is 14.9. The molecule has 6 rings (SSSR count). The Kier molecular flexibility index (Phi) is 11.0. The number of carbonyl (C=O) groups excluding carboxylic acids is 2. The van der Waals surface area contributed by atoms with Crippen molar-refractivity contribution in [1.29, 1.82) is 0 Å². The van der Waals surface area contributed by atoms with E-state index in [0.29, 0.717) is 26.0 Å². The molecule has 4 heterocycles. The van der Waals surface area contributed by atoms with E-state index in [9.17, 15) is 14.7 Å². The third-order valence-corrected chi connectivity index (χ3v) is 10.1. The summed E-state index contributed by atoms with van der Waals surface area (Å²) in [7, 11) is 2.15. The van der Waals surface area contributed by atoms with Gasteiger partial charge in [-0.05, 0) is 98.3 Å². The number of rotatable bonds is 11. The van der Waals surface area contributed by atoms with Gasteiger partial charge in [-0.1, -0.05) is 26.0 Å². The number of aromatic hydroxyl groups is 1. The fraction of sp³-hybridized carbons (Fsp3) is 0.475. The highest BCUT2D eigenvalue weighted by molar-refractivity contribution is 5.95. The summed E-state index contributed by atoms with van der Waals surface area (Å²) < 4.78 is 7.87. The van der Waals surface area contributed by atoms with Crippen LogP contribution in [-0.4, -0.2) is 95.4 Å². The molecule has 0 saturated carbocycles. The van der Waals surface area contributed by atoms with Crippen LogP contribution >= 0.6 is 0 Å². The molecule has 2 aromatic carbocycles. The van der Waals surface area contributed by atoms with Gasteiger partial charge in [0.25, 0.3) is 5.91 Å². The van der Waals surface area contributed by atoms with Crippen LogP contribution in [0, 0.1) is 5.41 Å². The van der Waals surface area contributed by atoms with E-state index in [1.54, 1.807) is 17.1 Å². The zero-order chi connectivity index (χ0) is 36.3. The molecule has 2 aliphatic rings. The summed E-state index contributed by atoms with van der Waals surface area (Å²) in [5.41, 5.74) is 16.2. The van der Waals surface area contributed by atoms with Gasteiger partial charge < -0.3 is 29.9 Å². The average Bonchev–Trinajstić information content (AvgIpc) is 3.42. The standard InChI is InChI=1S/C40H53N7O4/c1-6-46-36-11-9-29(31-19-28(20-32(49)22-31)21-35(41)39(50)47-14-8-7-13-43-47)23-33(36)34(24-40(3,4)26-51-27(2)48)38(46)30-10-12-37(42-25-30)45-17-15-44(5)16-18-45/h9-12,19-20,22-23,25,35,43,49H,6-8,13-18,21,24,26,41H2,1-5H3. The number of phenolic OH excluding ortho intramolecular Hbond substituents is 1. The first-order valence-corrected chi connectivity index (χ1v) is 18.2. The number of phenols is 1. The predicted molar refractivity (Wildman–Crippen MR) is 202 cm³/mol. The second kappa shape index (κ2) is 15.4. The molecule has 11 nitrogen and oxygen atoms in total. The van der Waals surface area contributed by atoms with Gasteiger partial charge in [0.05, 0.1) is 18.3 Å².